The fourth-order valence-corrected chi connectivity index (χ4v) is 2.08. The Morgan fingerprint density at radius 1 is 1.00 bits per heavy atom. The van der Waals surface area contributed by atoms with E-state index in [1.807, 2.05) is 0 Å². The van der Waals surface area contributed by atoms with Crippen molar-refractivity contribution in [2.75, 3.05) is 5.32 Å². The van der Waals surface area contributed by atoms with Gasteiger partial charge in [0.2, 0.25) is 0 Å². The van der Waals surface area contributed by atoms with E-state index in [1.165, 1.54) is 6.07 Å². The number of carbonyl (C=O) groups excluding carboxylic acids is 1. The van der Waals surface area contributed by atoms with E-state index in [0.29, 0.717) is 11.2 Å². The summed E-state index contributed by atoms with van der Waals surface area (Å²) in [4.78, 5) is 20.5. The van der Waals surface area contributed by atoms with Crippen molar-refractivity contribution in [3.05, 3.63) is 52.5 Å². The summed E-state index contributed by atoms with van der Waals surface area (Å²) in [6, 6.07) is 6.55. The molecule has 0 aliphatic heterocycles. The fourth-order valence-electron chi connectivity index (χ4n) is 1.75. The lowest BCUT2D eigenvalue weighted by Crippen LogP contribution is -2.13. The SMILES string of the molecule is O=C(Nc1ccc2nccnc2c1)c1cc(Cl)nnc1Cl. The van der Waals surface area contributed by atoms with Crippen molar-refractivity contribution in [2.45, 2.75) is 0 Å². The molecular formula is C13H7Cl2N5O. The van der Waals surface area contributed by atoms with E-state index in [0.717, 1.165) is 5.52 Å². The van der Waals surface area contributed by atoms with Crippen molar-refractivity contribution in [2.24, 2.45) is 0 Å². The Kier molecular flexibility index (Phi) is 3.64. The third kappa shape index (κ3) is 2.91. The molecule has 21 heavy (non-hydrogen) atoms. The van der Waals surface area contributed by atoms with Gasteiger partial charge in [0.1, 0.15) is 0 Å². The molecule has 104 valence electrons. The summed E-state index contributed by atoms with van der Waals surface area (Å²) in [6.45, 7) is 0. The number of rotatable bonds is 2. The summed E-state index contributed by atoms with van der Waals surface area (Å²) in [5, 5.41) is 9.92. The third-order valence-electron chi connectivity index (χ3n) is 2.69. The van der Waals surface area contributed by atoms with Gasteiger partial charge in [-0.05, 0) is 24.3 Å². The number of aromatic nitrogens is 4. The summed E-state index contributed by atoms with van der Waals surface area (Å²) in [5.41, 5.74) is 2.13. The first-order valence-corrected chi connectivity index (χ1v) is 6.60. The van der Waals surface area contributed by atoms with Gasteiger partial charge in [-0.25, -0.2) is 0 Å². The molecule has 8 heteroatoms. The molecule has 0 aliphatic carbocycles. The third-order valence-corrected chi connectivity index (χ3v) is 3.15. The van der Waals surface area contributed by atoms with Crippen molar-refractivity contribution in [3.63, 3.8) is 0 Å². The molecule has 0 fully saturated rings. The van der Waals surface area contributed by atoms with Gasteiger partial charge in [-0.3, -0.25) is 14.8 Å². The summed E-state index contributed by atoms with van der Waals surface area (Å²) >= 11 is 11.5. The molecule has 0 spiro atoms. The second-order valence-electron chi connectivity index (χ2n) is 4.09. The van der Waals surface area contributed by atoms with Crippen LogP contribution in [0.3, 0.4) is 0 Å². The van der Waals surface area contributed by atoms with Gasteiger partial charge in [0.05, 0.1) is 16.6 Å². The van der Waals surface area contributed by atoms with Crippen LogP contribution in [0.5, 0.6) is 0 Å². The summed E-state index contributed by atoms with van der Waals surface area (Å²) in [5.74, 6) is -0.431. The maximum Gasteiger partial charge on any atom is 0.258 e. The number of nitrogens with zero attached hydrogens (tertiary/aromatic N) is 4. The Labute approximate surface area is 129 Å². The van der Waals surface area contributed by atoms with E-state index in [9.17, 15) is 4.79 Å². The van der Waals surface area contributed by atoms with Crippen LogP contribution in [0.1, 0.15) is 10.4 Å². The molecule has 3 aromatic rings. The van der Waals surface area contributed by atoms with E-state index in [2.05, 4.69) is 25.5 Å². The normalized spacial score (nSPS) is 10.6. The lowest BCUT2D eigenvalue weighted by Gasteiger charge is -2.06. The van der Waals surface area contributed by atoms with Gasteiger partial charge in [0.25, 0.3) is 5.91 Å². The molecule has 3 rings (SSSR count). The summed E-state index contributed by atoms with van der Waals surface area (Å²) < 4.78 is 0. The van der Waals surface area contributed by atoms with Crippen molar-refractivity contribution in [3.8, 4) is 0 Å². The monoisotopic (exact) mass is 319 g/mol. The van der Waals surface area contributed by atoms with E-state index in [-0.39, 0.29) is 15.9 Å². The van der Waals surface area contributed by atoms with Crippen LogP contribution in [-0.4, -0.2) is 26.1 Å². The molecule has 0 saturated carbocycles. The number of hydrogen-bond acceptors (Lipinski definition) is 5. The van der Waals surface area contributed by atoms with Crippen molar-refractivity contribution < 1.29 is 4.79 Å². The minimum absolute atomic E-state index is 0.0162. The Morgan fingerprint density at radius 2 is 1.76 bits per heavy atom. The Balaban J connectivity index is 1.90. The molecule has 1 aromatic carbocycles. The zero-order valence-electron chi connectivity index (χ0n) is 10.4. The molecule has 2 heterocycles. The smallest absolute Gasteiger partial charge is 0.258 e. The second-order valence-corrected chi connectivity index (χ2v) is 4.83. The lowest BCUT2D eigenvalue weighted by molar-refractivity contribution is 0.102. The molecule has 0 radical (unpaired) electrons. The van der Waals surface area contributed by atoms with Gasteiger partial charge < -0.3 is 5.32 Å². The largest absolute Gasteiger partial charge is 0.322 e. The molecule has 0 unspecified atom stereocenters. The highest BCUT2D eigenvalue weighted by Crippen LogP contribution is 2.19. The van der Waals surface area contributed by atoms with Gasteiger partial charge in [-0.1, -0.05) is 23.2 Å². The summed E-state index contributed by atoms with van der Waals surface area (Å²) in [6.07, 6.45) is 3.18. The minimum Gasteiger partial charge on any atom is -0.322 e. The van der Waals surface area contributed by atoms with E-state index >= 15 is 0 Å². The Hall–Kier alpha value is -2.31. The van der Waals surface area contributed by atoms with Crippen molar-refractivity contribution in [1.29, 1.82) is 0 Å². The molecule has 0 aliphatic rings. The minimum atomic E-state index is -0.431. The predicted octanol–water partition coefficient (Wildman–Crippen LogP) is 2.98. The number of hydrogen-bond donors (Lipinski definition) is 1. The van der Waals surface area contributed by atoms with Crippen LogP contribution in [0, 0.1) is 0 Å². The average molecular weight is 320 g/mol. The average Bonchev–Trinajstić information content (AvgIpc) is 2.49. The van der Waals surface area contributed by atoms with Crippen LogP contribution in [-0.2, 0) is 0 Å². The number of fused-ring (bicyclic) bond motifs is 1. The predicted molar refractivity (Wildman–Crippen MR) is 79.5 cm³/mol. The van der Waals surface area contributed by atoms with E-state index in [1.54, 1.807) is 30.6 Å². The lowest BCUT2D eigenvalue weighted by atomic mass is 10.2. The molecular weight excluding hydrogens is 313 g/mol. The zero-order valence-corrected chi connectivity index (χ0v) is 11.9. The molecule has 1 amide bonds. The van der Waals surface area contributed by atoms with Gasteiger partial charge in [-0.2, -0.15) is 0 Å². The number of nitrogens with one attached hydrogen (secondary N) is 1. The Morgan fingerprint density at radius 3 is 2.57 bits per heavy atom. The van der Waals surface area contributed by atoms with Gasteiger partial charge >= 0.3 is 0 Å². The van der Waals surface area contributed by atoms with Gasteiger partial charge in [0, 0.05) is 18.1 Å². The maximum atomic E-state index is 12.2. The number of anilines is 1. The highest BCUT2D eigenvalue weighted by Gasteiger charge is 2.13. The highest BCUT2D eigenvalue weighted by atomic mass is 35.5. The van der Waals surface area contributed by atoms with Crippen LogP contribution in [0.25, 0.3) is 11.0 Å². The number of halogens is 2. The second kappa shape index (κ2) is 5.59. The van der Waals surface area contributed by atoms with Gasteiger partial charge in [-0.15, -0.1) is 10.2 Å². The highest BCUT2D eigenvalue weighted by molar-refractivity contribution is 6.34. The first kappa shape index (κ1) is 13.7. The van der Waals surface area contributed by atoms with Crippen molar-refractivity contribution >= 4 is 45.8 Å². The maximum absolute atomic E-state index is 12.2. The molecule has 6 nitrogen and oxygen atoms in total. The van der Waals surface area contributed by atoms with Crippen LogP contribution in [0.15, 0.2) is 36.7 Å². The molecule has 2 aromatic heterocycles. The van der Waals surface area contributed by atoms with E-state index in [4.69, 9.17) is 23.2 Å². The number of amides is 1. The standard InChI is InChI=1S/C13H7Cl2N5O/c14-11-6-8(12(15)20-19-11)13(21)18-7-1-2-9-10(5-7)17-4-3-16-9/h1-6H,(H,18,21). The quantitative estimate of drug-likeness (QED) is 0.785. The molecule has 0 saturated heterocycles. The molecule has 0 atom stereocenters. The molecule has 0 bridgehead atoms. The molecule has 1 N–H and O–H groups in total. The summed E-state index contributed by atoms with van der Waals surface area (Å²) in [7, 11) is 0. The van der Waals surface area contributed by atoms with Crippen molar-refractivity contribution in [1.82, 2.24) is 20.2 Å². The first-order valence-electron chi connectivity index (χ1n) is 5.84. The topological polar surface area (TPSA) is 80.7 Å². The number of carbonyl (C=O) groups is 1. The van der Waals surface area contributed by atoms with Crippen LogP contribution >= 0.6 is 23.2 Å². The van der Waals surface area contributed by atoms with Gasteiger partial charge in [0.15, 0.2) is 10.3 Å². The zero-order chi connectivity index (χ0) is 14.8. The van der Waals surface area contributed by atoms with Crippen LogP contribution in [0.2, 0.25) is 10.3 Å². The number of benzene rings is 1. The first-order chi connectivity index (χ1) is 10.1. The van der Waals surface area contributed by atoms with E-state index < -0.39 is 5.91 Å². The van der Waals surface area contributed by atoms with Crippen LogP contribution < -0.4 is 5.32 Å². The van der Waals surface area contributed by atoms with Crippen LogP contribution in [0.4, 0.5) is 5.69 Å². The fraction of sp³-hybridized carbons (Fsp3) is 0. The Bertz CT molecular complexity index is 840.